The van der Waals surface area contributed by atoms with Crippen molar-refractivity contribution in [1.29, 1.82) is 0 Å². The van der Waals surface area contributed by atoms with Crippen LogP contribution in [0.1, 0.15) is 30.0 Å². The number of ether oxygens (including phenoxy) is 1. The maximum atomic E-state index is 13.2. The number of hydrogen-bond donors (Lipinski definition) is 1. The van der Waals surface area contributed by atoms with Gasteiger partial charge in [0.1, 0.15) is 12.1 Å². The van der Waals surface area contributed by atoms with Gasteiger partial charge in [0.05, 0.1) is 42.4 Å². The molecule has 9 heteroatoms. The molecule has 2 aliphatic heterocycles. The van der Waals surface area contributed by atoms with Crippen molar-refractivity contribution in [1.82, 2.24) is 24.8 Å². The molecule has 3 aromatic rings. The molecule has 0 radical (unpaired) electrons. The average molecular weight is 463 g/mol. The third-order valence-electron chi connectivity index (χ3n) is 7.04. The summed E-state index contributed by atoms with van der Waals surface area (Å²) >= 11 is 0. The van der Waals surface area contributed by atoms with Gasteiger partial charge in [-0.15, -0.1) is 0 Å². The van der Waals surface area contributed by atoms with Crippen LogP contribution in [0.5, 0.6) is 0 Å². The zero-order valence-corrected chi connectivity index (χ0v) is 18.9. The topological polar surface area (TPSA) is 85.2 Å². The van der Waals surface area contributed by atoms with Gasteiger partial charge < -0.3 is 15.0 Å². The minimum Gasteiger partial charge on any atom is -0.380 e. The Balaban J connectivity index is 1.12. The highest BCUT2D eigenvalue weighted by Gasteiger charge is 2.50. The molecule has 1 aliphatic carbocycles. The standard InChI is InChI=1S/C25H27FN6O2/c26-18-5-3-17(4-6-18)21-8-22(21)29-7-1-2-19-11-32(20-9-27-16-28-10-20)24(33)23(30-19)31-12-25(13-31)14-34-15-25/h3-6,9-11,16,21-22,29H,1-2,7-8,12-15H2/t21-,22+/m0/s1. The third-order valence-corrected chi connectivity index (χ3v) is 7.04. The van der Waals surface area contributed by atoms with E-state index in [1.807, 2.05) is 18.3 Å². The molecule has 3 fully saturated rings. The first-order chi connectivity index (χ1) is 16.6. The lowest BCUT2D eigenvalue weighted by molar-refractivity contribution is -0.127. The van der Waals surface area contributed by atoms with Crippen LogP contribution in [-0.4, -0.2) is 58.4 Å². The minimum absolute atomic E-state index is 0.146. The van der Waals surface area contributed by atoms with Crippen molar-refractivity contribution >= 4 is 5.82 Å². The summed E-state index contributed by atoms with van der Waals surface area (Å²) in [6, 6.07) is 7.24. The van der Waals surface area contributed by atoms with Crippen LogP contribution >= 0.6 is 0 Å². The highest BCUT2D eigenvalue weighted by Crippen LogP contribution is 2.41. The van der Waals surface area contributed by atoms with Gasteiger partial charge in [-0.1, -0.05) is 12.1 Å². The number of rotatable bonds is 8. The molecule has 2 aromatic heterocycles. The minimum atomic E-state index is -0.196. The highest BCUT2D eigenvalue weighted by molar-refractivity contribution is 5.45. The van der Waals surface area contributed by atoms with Crippen LogP contribution < -0.4 is 15.8 Å². The van der Waals surface area contributed by atoms with E-state index in [-0.39, 0.29) is 16.8 Å². The van der Waals surface area contributed by atoms with Crippen molar-refractivity contribution in [2.75, 3.05) is 37.7 Å². The summed E-state index contributed by atoms with van der Waals surface area (Å²) < 4.78 is 20.1. The molecule has 1 spiro atoms. The van der Waals surface area contributed by atoms with E-state index in [4.69, 9.17) is 9.72 Å². The Labute approximate surface area is 196 Å². The van der Waals surface area contributed by atoms with Gasteiger partial charge in [0.25, 0.3) is 5.56 Å². The number of hydrogen-bond acceptors (Lipinski definition) is 7. The van der Waals surface area contributed by atoms with Gasteiger partial charge in [-0.25, -0.2) is 19.3 Å². The smallest absolute Gasteiger partial charge is 0.298 e. The zero-order chi connectivity index (χ0) is 23.1. The molecule has 3 aliphatic rings. The van der Waals surface area contributed by atoms with E-state index in [0.29, 0.717) is 23.5 Å². The third kappa shape index (κ3) is 4.10. The number of aromatic nitrogens is 4. The lowest BCUT2D eigenvalue weighted by Crippen LogP contribution is -2.67. The van der Waals surface area contributed by atoms with Crippen LogP contribution in [0, 0.1) is 11.2 Å². The molecule has 176 valence electrons. The molecule has 2 saturated heterocycles. The molecule has 2 atom stereocenters. The summed E-state index contributed by atoms with van der Waals surface area (Å²) in [4.78, 5) is 28.2. The van der Waals surface area contributed by atoms with Crippen molar-refractivity contribution in [2.24, 2.45) is 5.41 Å². The van der Waals surface area contributed by atoms with Gasteiger partial charge in [0, 0.05) is 31.2 Å². The molecule has 6 rings (SSSR count). The second-order valence-electron chi connectivity index (χ2n) is 9.73. The summed E-state index contributed by atoms with van der Waals surface area (Å²) in [5, 5.41) is 3.60. The molecule has 1 N–H and O–H groups in total. The summed E-state index contributed by atoms with van der Waals surface area (Å²) in [6.07, 6.45) is 9.28. The van der Waals surface area contributed by atoms with Gasteiger partial charge in [0.2, 0.25) is 0 Å². The van der Waals surface area contributed by atoms with Crippen molar-refractivity contribution in [3.05, 3.63) is 76.6 Å². The SMILES string of the molecule is O=c1c(N2CC3(COC3)C2)nc(CCCN[C@@H]2C[C@H]2c2ccc(F)cc2)cn1-c1cncnc1. The number of anilines is 1. The van der Waals surface area contributed by atoms with Gasteiger partial charge in [-0.3, -0.25) is 9.36 Å². The van der Waals surface area contributed by atoms with E-state index in [9.17, 15) is 9.18 Å². The van der Waals surface area contributed by atoms with Gasteiger partial charge in [0.15, 0.2) is 5.82 Å². The quantitative estimate of drug-likeness (QED) is 0.513. The predicted octanol–water partition coefficient (Wildman–Crippen LogP) is 2.08. The van der Waals surface area contributed by atoms with E-state index < -0.39 is 0 Å². The number of halogens is 1. The highest BCUT2D eigenvalue weighted by atomic mass is 19.1. The molecule has 0 bridgehead atoms. The predicted molar refractivity (Wildman–Crippen MR) is 125 cm³/mol. The Kier molecular flexibility index (Phi) is 5.38. The molecule has 8 nitrogen and oxygen atoms in total. The first-order valence-electron chi connectivity index (χ1n) is 11.8. The molecule has 0 amide bonds. The van der Waals surface area contributed by atoms with E-state index in [1.165, 1.54) is 24.0 Å². The lowest BCUT2D eigenvalue weighted by atomic mass is 9.78. The molecular weight excluding hydrogens is 435 g/mol. The van der Waals surface area contributed by atoms with Crippen LogP contribution in [-0.2, 0) is 11.2 Å². The number of benzene rings is 1. The van der Waals surface area contributed by atoms with Crippen LogP contribution in [0.2, 0.25) is 0 Å². The van der Waals surface area contributed by atoms with Gasteiger partial charge >= 0.3 is 0 Å². The van der Waals surface area contributed by atoms with Crippen molar-refractivity contribution < 1.29 is 9.13 Å². The Hall–Kier alpha value is -3.17. The fourth-order valence-electron chi connectivity index (χ4n) is 5.00. The van der Waals surface area contributed by atoms with Crippen LogP contribution in [0.3, 0.4) is 0 Å². The Morgan fingerprint density at radius 1 is 1.15 bits per heavy atom. The fraction of sp³-hybridized carbons (Fsp3) is 0.440. The molecule has 34 heavy (non-hydrogen) atoms. The maximum absolute atomic E-state index is 13.2. The fourth-order valence-corrected chi connectivity index (χ4v) is 5.00. The van der Waals surface area contributed by atoms with Crippen LogP contribution in [0.25, 0.3) is 5.69 Å². The summed E-state index contributed by atoms with van der Waals surface area (Å²) in [5.74, 6) is 0.753. The van der Waals surface area contributed by atoms with Crippen molar-refractivity contribution in [2.45, 2.75) is 31.2 Å². The van der Waals surface area contributed by atoms with E-state index in [2.05, 4.69) is 20.2 Å². The maximum Gasteiger partial charge on any atom is 0.298 e. The summed E-state index contributed by atoms with van der Waals surface area (Å²) in [7, 11) is 0. The van der Waals surface area contributed by atoms with E-state index in [1.54, 1.807) is 17.0 Å². The second-order valence-corrected chi connectivity index (χ2v) is 9.73. The first-order valence-corrected chi connectivity index (χ1v) is 11.8. The first kappa shape index (κ1) is 21.4. The lowest BCUT2D eigenvalue weighted by Gasteiger charge is -2.55. The Morgan fingerprint density at radius 2 is 1.91 bits per heavy atom. The van der Waals surface area contributed by atoms with Crippen LogP contribution in [0.15, 0.2) is 54.0 Å². The monoisotopic (exact) mass is 462 g/mol. The molecule has 1 aromatic carbocycles. The normalized spacial score (nSPS) is 22.3. The zero-order valence-electron chi connectivity index (χ0n) is 18.9. The number of nitrogens with one attached hydrogen (secondary N) is 1. The average Bonchev–Trinajstić information content (AvgIpc) is 3.57. The van der Waals surface area contributed by atoms with Gasteiger partial charge in [-0.05, 0) is 43.5 Å². The summed E-state index contributed by atoms with van der Waals surface area (Å²) in [5.41, 5.74) is 2.74. The molecular formula is C25H27FN6O2. The Bertz CT molecular complexity index is 1220. The van der Waals surface area contributed by atoms with Gasteiger partial charge in [-0.2, -0.15) is 0 Å². The van der Waals surface area contributed by atoms with Crippen LogP contribution in [0.4, 0.5) is 10.2 Å². The number of aryl methyl sites for hydroxylation is 1. The van der Waals surface area contributed by atoms with E-state index in [0.717, 1.165) is 57.8 Å². The molecule has 1 saturated carbocycles. The summed E-state index contributed by atoms with van der Waals surface area (Å²) in [6.45, 7) is 3.98. The molecule has 0 unspecified atom stereocenters. The molecule has 4 heterocycles. The second kappa shape index (κ2) is 8.56. The Morgan fingerprint density at radius 3 is 2.62 bits per heavy atom. The largest absolute Gasteiger partial charge is 0.380 e. The van der Waals surface area contributed by atoms with Crippen molar-refractivity contribution in [3.8, 4) is 5.69 Å². The number of nitrogens with zero attached hydrogens (tertiary/aromatic N) is 5. The van der Waals surface area contributed by atoms with Crippen molar-refractivity contribution in [3.63, 3.8) is 0 Å². The van der Waals surface area contributed by atoms with E-state index >= 15 is 0 Å².